The van der Waals surface area contributed by atoms with Gasteiger partial charge in [-0.3, -0.25) is 0 Å². The van der Waals surface area contributed by atoms with Gasteiger partial charge in [-0.05, 0) is 44.0 Å². The maximum absolute atomic E-state index is 13.1. The van der Waals surface area contributed by atoms with E-state index in [1.54, 1.807) is 32.4 Å². The molecule has 1 aromatic heterocycles. The summed E-state index contributed by atoms with van der Waals surface area (Å²) >= 11 is 0. The minimum atomic E-state index is -0.702. The first-order valence-corrected chi connectivity index (χ1v) is 11.0. The highest BCUT2D eigenvalue weighted by atomic mass is 16.6. The average molecular weight is 463 g/mol. The van der Waals surface area contributed by atoms with Crippen LogP contribution in [0.2, 0.25) is 0 Å². The van der Waals surface area contributed by atoms with Crippen molar-refractivity contribution in [2.45, 2.75) is 38.8 Å². The third kappa shape index (κ3) is 7.03. The quantitative estimate of drug-likeness (QED) is 0.514. The molecule has 34 heavy (non-hydrogen) atoms. The number of hydrogen-bond acceptors (Lipinski definition) is 7. The molecular weight excluding hydrogens is 432 g/mol. The molecule has 0 bridgehead atoms. The van der Waals surface area contributed by atoms with Gasteiger partial charge < -0.3 is 19.7 Å². The zero-order chi connectivity index (χ0) is 24.7. The van der Waals surface area contributed by atoms with Crippen LogP contribution in [0.4, 0.5) is 10.6 Å². The Hall–Kier alpha value is -3.94. The largest absolute Gasteiger partial charge is 0.458 e. The van der Waals surface area contributed by atoms with E-state index in [0.29, 0.717) is 18.0 Å². The molecule has 3 rings (SSSR count). The second-order valence-corrected chi connectivity index (χ2v) is 8.99. The standard InChI is InChI=1S/C26H30N4O4/c1-26(2,3)34-24(31)22(15-18-11-13-20(14-12-18)33-25(32)30(4)5)29-23-21(16-27-17-28-23)19-9-7-6-8-10-19/h6-14,16-17,22H,15H2,1-5H3,(H,27,28,29)/t22-/m0/s1. The molecule has 0 saturated carbocycles. The summed E-state index contributed by atoms with van der Waals surface area (Å²) in [5, 5.41) is 3.26. The average Bonchev–Trinajstić information content (AvgIpc) is 2.79. The molecule has 0 aliphatic heterocycles. The predicted molar refractivity (Wildman–Crippen MR) is 131 cm³/mol. The Morgan fingerprint density at radius 1 is 1.03 bits per heavy atom. The molecule has 1 heterocycles. The smallest absolute Gasteiger partial charge is 0.414 e. The molecule has 0 spiro atoms. The van der Waals surface area contributed by atoms with Crippen LogP contribution in [0.25, 0.3) is 11.1 Å². The first-order valence-electron chi connectivity index (χ1n) is 11.0. The van der Waals surface area contributed by atoms with E-state index >= 15 is 0 Å². The summed E-state index contributed by atoms with van der Waals surface area (Å²) in [6, 6.07) is 16.0. The summed E-state index contributed by atoms with van der Waals surface area (Å²) in [6.45, 7) is 5.49. The number of hydrogen-bond donors (Lipinski definition) is 1. The van der Waals surface area contributed by atoms with Crippen molar-refractivity contribution in [1.29, 1.82) is 0 Å². The van der Waals surface area contributed by atoms with Gasteiger partial charge in [0.25, 0.3) is 0 Å². The fraction of sp³-hybridized carbons (Fsp3) is 0.308. The third-order valence-electron chi connectivity index (χ3n) is 4.73. The number of rotatable bonds is 7. The van der Waals surface area contributed by atoms with E-state index in [-0.39, 0.29) is 0 Å². The fourth-order valence-electron chi connectivity index (χ4n) is 3.13. The first kappa shape index (κ1) is 24.7. The summed E-state index contributed by atoms with van der Waals surface area (Å²) in [5.74, 6) is 0.563. The second kappa shape index (κ2) is 10.8. The lowest BCUT2D eigenvalue weighted by Crippen LogP contribution is -2.38. The molecule has 1 atom stereocenters. The molecule has 0 aliphatic rings. The van der Waals surface area contributed by atoms with Crippen molar-refractivity contribution in [2.24, 2.45) is 0 Å². The molecule has 0 saturated heterocycles. The van der Waals surface area contributed by atoms with Crippen molar-refractivity contribution in [2.75, 3.05) is 19.4 Å². The Morgan fingerprint density at radius 3 is 2.32 bits per heavy atom. The summed E-state index contributed by atoms with van der Waals surface area (Å²) < 4.78 is 10.9. The molecule has 2 aromatic carbocycles. The van der Waals surface area contributed by atoms with Gasteiger partial charge >= 0.3 is 12.1 Å². The highest BCUT2D eigenvalue weighted by Crippen LogP contribution is 2.26. The number of anilines is 1. The SMILES string of the molecule is CN(C)C(=O)Oc1ccc(C[C@H](Nc2ncncc2-c2ccccc2)C(=O)OC(C)(C)C)cc1. The topological polar surface area (TPSA) is 93.6 Å². The molecule has 3 aromatic rings. The van der Waals surface area contributed by atoms with E-state index in [2.05, 4.69) is 15.3 Å². The van der Waals surface area contributed by atoms with Crippen LogP contribution >= 0.6 is 0 Å². The Kier molecular flexibility index (Phi) is 7.83. The molecule has 8 heteroatoms. The summed E-state index contributed by atoms with van der Waals surface area (Å²) in [6.07, 6.45) is 3.03. The van der Waals surface area contributed by atoms with Gasteiger partial charge in [0.2, 0.25) is 0 Å². The van der Waals surface area contributed by atoms with Crippen molar-refractivity contribution < 1.29 is 19.1 Å². The Labute approximate surface area is 199 Å². The molecular formula is C26H30N4O4. The second-order valence-electron chi connectivity index (χ2n) is 8.99. The zero-order valence-electron chi connectivity index (χ0n) is 20.1. The van der Waals surface area contributed by atoms with Crippen LogP contribution in [0.15, 0.2) is 67.1 Å². The van der Waals surface area contributed by atoms with Gasteiger partial charge in [0, 0.05) is 32.3 Å². The Balaban J connectivity index is 1.85. The minimum absolute atomic E-state index is 0.342. The zero-order valence-corrected chi connectivity index (χ0v) is 20.1. The van der Waals surface area contributed by atoms with Gasteiger partial charge in [0.05, 0.1) is 0 Å². The van der Waals surface area contributed by atoms with Crippen LogP contribution in [0.1, 0.15) is 26.3 Å². The van der Waals surface area contributed by atoms with Gasteiger partial charge in [0.15, 0.2) is 0 Å². The number of carbonyl (C=O) groups is 2. The van der Waals surface area contributed by atoms with Gasteiger partial charge in [-0.1, -0.05) is 42.5 Å². The van der Waals surface area contributed by atoms with Gasteiger partial charge in [-0.2, -0.15) is 0 Å². The summed E-state index contributed by atoms with van der Waals surface area (Å²) in [7, 11) is 3.23. The summed E-state index contributed by atoms with van der Waals surface area (Å²) in [5.41, 5.74) is 1.93. The molecule has 178 valence electrons. The van der Waals surface area contributed by atoms with Crippen molar-refractivity contribution in [3.63, 3.8) is 0 Å². The monoisotopic (exact) mass is 462 g/mol. The Bertz CT molecular complexity index is 1110. The van der Waals surface area contributed by atoms with Crippen LogP contribution in [-0.4, -0.2) is 52.7 Å². The van der Waals surface area contributed by atoms with Crippen LogP contribution in [-0.2, 0) is 16.0 Å². The van der Waals surface area contributed by atoms with Crippen LogP contribution < -0.4 is 10.1 Å². The number of nitrogens with one attached hydrogen (secondary N) is 1. The van der Waals surface area contributed by atoms with E-state index in [0.717, 1.165) is 16.7 Å². The number of ether oxygens (including phenoxy) is 2. The highest BCUT2D eigenvalue weighted by Gasteiger charge is 2.27. The van der Waals surface area contributed by atoms with E-state index in [9.17, 15) is 9.59 Å². The summed E-state index contributed by atoms with van der Waals surface area (Å²) in [4.78, 5) is 34.8. The molecule has 0 unspecified atom stereocenters. The number of aromatic nitrogens is 2. The van der Waals surface area contributed by atoms with E-state index in [1.807, 2.05) is 63.2 Å². The fourth-order valence-corrected chi connectivity index (χ4v) is 3.13. The molecule has 1 N–H and O–H groups in total. The van der Waals surface area contributed by atoms with Crippen molar-refractivity contribution in [3.8, 4) is 16.9 Å². The van der Waals surface area contributed by atoms with E-state index in [4.69, 9.17) is 9.47 Å². The van der Waals surface area contributed by atoms with Crippen molar-refractivity contribution >= 4 is 17.9 Å². The molecule has 0 fully saturated rings. The normalized spacial score (nSPS) is 11.9. The number of esters is 1. The van der Waals surface area contributed by atoms with Gasteiger partial charge in [-0.25, -0.2) is 19.6 Å². The van der Waals surface area contributed by atoms with Crippen LogP contribution in [0, 0.1) is 0 Å². The number of nitrogens with zero attached hydrogens (tertiary/aromatic N) is 3. The predicted octanol–water partition coefficient (Wildman–Crippen LogP) is 4.57. The number of amides is 1. The molecule has 1 amide bonds. The third-order valence-corrected chi connectivity index (χ3v) is 4.73. The van der Waals surface area contributed by atoms with Crippen molar-refractivity contribution in [1.82, 2.24) is 14.9 Å². The van der Waals surface area contributed by atoms with Crippen LogP contribution in [0.3, 0.4) is 0 Å². The number of carbonyl (C=O) groups excluding carboxylic acids is 2. The highest BCUT2D eigenvalue weighted by molar-refractivity contribution is 5.83. The van der Waals surface area contributed by atoms with E-state index < -0.39 is 23.7 Å². The lowest BCUT2D eigenvalue weighted by molar-refractivity contribution is -0.155. The van der Waals surface area contributed by atoms with Crippen LogP contribution in [0.5, 0.6) is 5.75 Å². The van der Waals surface area contributed by atoms with E-state index in [1.165, 1.54) is 11.2 Å². The minimum Gasteiger partial charge on any atom is -0.458 e. The molecule has 0 radical (unpaired) electrons. The first-order chi connectivity index (χ1) is 16.1. The maximum atomic E-state index is 13.1. The lowest BCUT2D eigenvalue weighted by atomic mass is 10.0. The number of benzene rings is 2. The van der Waals surface area contributed by atoms with Gasteiger partial charge in [-0.15, -0.1) is 0 Å². The Morgan fingerprint density at radius 2 is 1.71 bits per heavy atom. The van der Waals surface area contributed by atoms with Crippen molar-refractivity contribution in [3.05, 3.63) is 72.7 Å². The molecule has 0 aliphatic carbocycles. The molecule has 8 nitrogen and oxygen atoms in total. The van der Waals surface area contributed by atoms with Gasteiger partial charge in [0.1, 0.15) is 29.5 Å². The maximum Gasteiger partial charge on any atom is 0.414 e. The lowest BCUT2D eigenvalue weighted by Gasteiger charge is -2.25.